The van der Waals surface area contributed by atoms with E-state index in [1.165, 1.54) is 18.2 Å². The number of benzene rings is 1. The first kappa shape index (κ1) is 18.3. The Labute approximate surface area is 157 Å². The van der Waals surface area contributed by atoms with Crippen LogP contribution in [0.4, 0.5) is 0 Å². The highest BCUT2D eigenvalue weighted by Gasteiger charge is 2.25. The lowest BCUT2D eigenvalue weighted by Gasteiger charge is -2.34. The molecule has 0 aliphatic carbocycles. The van der Waals surface area contributed by atoms with Crippen molar-refractivity contribution in [3.05, 3.63) is 35.1 Å². The number of carbonyl (C=O) groups is 1. The molecule has 0 N–H and O–H groups in total. The fraction of sp³-hybridized carbons (Fsp3) is 0.500. The summed E-state index contributed by atoms with van der Waals surface area (Å²) in [7, 11) is 0. The van der Waals surface area contributed by atoms with Crippen LogP contribution in [0.25, 0.3) is 5.69 Å². The number of likely N-dealkylation sites (tertiary alicyclic amines) is 1. The van der Waals surface area contributed by atoms with Crippen LogP contribution in [0.5, 0.6) is 0 Å². The number of hydrogen-bond acceptors (Lipinski definition) is 4. The number of nitrogens with zero attached hydrogens (tertiary/aromatic N) is 4. The highest BCUT2D eigenvalue weighted by Crippen LogP contribution is 2.25. The molecule has 0 radical (unpaired) electrons. The molecule has 1 amide bonds. The van der Waals surface area contributed by atoms with E-state index in [0.29, 0.717) is 27.8 Å². The Morgan fingerprint density at radius 1 is 1.32 bits per heavy atom. The maximum atomic E-state index is 12.6. The Kier molecular flexibility index (Phi) is 5.69. The molecular formula is C18H23ClN4OS. The van der Waals surface area contributed by atoms with E-state index < -0.39 is 0 Å². The Hall–Kier alpha value is -1.53. The molecule has 2 atom stereocenters. The van der Waals surface area contributed by atoms with Gasteiger partial charge in [-0.25, -0.2) is 0 Å². The van der Waals surface area contributed by atoms with Crippen LogP contribution in [0.1, 0.15) is 25.8 Å². The Bertz CT molecular complexity index is 753. The number of rotatable bonds is 4. The molecule has 0 saturated carbocycles. The van der Waals surface area contributed by atoms with Gasteiger partial charge in [0.05, 0.1) is 11.4 Å². The predicted octanol–water partition coefficient (Wildman–Crippen LogP) is 3.83. The van der Waals surface area contributed by atoms with E-state index in [1.54, 1.807) is 6.33 Å². The fourth-order valence-corrected chi connectivity index (χ4v) is 4.32. The van der Waals surface area contributed by atoms with E-state index in [4.69, 9.17) is 11.6 Å². The average Bonchev–Trinajstić information content (AvgIpc) is 3.02. The number of carbonyl (C=O) groups excluding carboxylic acids is 1. The third-order valence-electron chi connectivity index (χ3n) is 4.50. The number of halogens is 1. The molecule has 1 aliphatic rings. The molecule has 3 rings (SSSR count). The van der Waals surface area contributed by atoms with Crippen LogP contribution in [0.3, 0.4) is 0 Å². The minimum absolute atomic E-state index is 0.167. The molecular weight excluding hydrogens is 356 g/mol. The third kappa shape index (κ3) is 4.36. The van der Waals surface area contributed by atoms with Gasteiger partial charge in [-0.3, -0.25) is 9.36 Å². The topological polar surface area (TPSA) is 51.0 Å². The van der Waals surface area contributed by atoms with Crippen molar-refractivity contribution in [2.45, 2.75) is 32.3 Å². The molecule has 0 unspecified atom stereocenters. The normalized spacial score (nSPS) is 20.7. The van der Waals surface area contributed by atoms with Crippen molar-refractivity contribution < 1.29 is 4.79 Å². The van der Waals surface area contributed by atoms with Crippen molar-refractivity contribution in [3.63, 3.8) is 0 Å². The summed E-state index contributed by atoms with van der Waals surface area (Å²) in [6, 6.07) is 5.83. The van der Waals surface area contributed by atoms with Crippen LogP contribution in [0.2, 0.25) is 5.02 Å². The van der Waals surface area contributed by atoms with Crippen molar-refractivity contribution >= 4 is 29.3 Å². The number of piperidine rings is 1. The molecule has 2 aromatic rings. The highest BCUT2D eigenvalue weighted by atomic mass is 35.5. The number of amides is 1. The first-order chi connectivity index (χ1) is 11.9. The summed E-state index contributed by atoms with van der Waals surface area (Å²) in [5.74, 6) is 1.67. The number of aromatic nitrogens is 3. The maximum absolute atomic E-state index is 12.6. The lowest BCUT2D eigenvalue weighted by Crippen LogP contribution is -2.43. The Morgan fingerprint density at radius 2 is 2.04 bits per heavy atom. The standard InChI is InChI=1S/C18H23ClN4OS/c1-12-6-13(2)9-22(8-12)17(24)10-25-18-21-20-11-23(18)15-5-4-14(3)16(19)7-15/h4-5,7,11-13H,6,8-10H2,1-3H3/t12-,13-/m0/s1. The SMILES string of the molecule is Cc1ccc(-n2cnnc2SCC(=O)N2C[C@@H](C)C[C@H](C)C2)cc1Cl. The second-order valence-electron chi connectivity index (χ2n) is 6.95. The van der Waals surface area contributed by atoms with Gasteiger partial charge >= 0.3 is 0 Å². The molecule has 0 spiro atoms. The van der Waals surface area contributed by atoms with E-state index in [1.807, 2.05) is 34.6 Å². The molecule has 1 aromatic heterocycles. The fourth-order valence-electron chi connectivity index (χ4n) is 3.32. The zero-order chi connectivity index (χ0) is 18.0. The van der Waals surface area contributed by atoms with E-state index in [2.05, 4.69) is 24.0 Å². The summed E-state index contributed by atoms with van der Waals surface area (Å²) in [5, 5.41) is 9.55. The van der Waals surface area contributed by atoms with Crippen molar-refractivity contribution in [3.8, 4) is 5.69 Å². The van der Waals surface area contributed by atoms with E-state index in [0.717, 1.165) is 24.3 Å². The Morgan fingerprint density at radius 3 is 2.72 bits per heavy atom. The molecule has 134 valence electrons. The minimum Gasteiger partial charge on any atom is -0.341 e. The first-order valence-electron chi connectivity index (χ1n) is 8.51. The van der Waals surface area contributed by atoms with E-state index in [9.17, 15) is 4.79 Å². The second kappa shape index (κ2) is 7.79. The summed E-state index contributed by atoms with van der Waals surface area (Å²) >= 11 is 7.64. The van der Waals surface area contributed by atoms with Gasteiger partial charge in [-0.15, -0.1) is 10.2 Å². The van der Waals surface area contributed by atoms with Gasteiger partial charge in [0, 0.05) is 18.1 Å². The van der Waals surface area contributed by atoms with Gasteiger partial charge in [-0.1, -0.05) is 43.3 Å². The molecule has 2 heterocycles. The quantitative estimate of drug-likeness (QED) is 0.759. The summed E-state index contributed by atoms with van der Waals surface area (Å²) in [6.45, 7) is 8.09. The zero-order valence-electron chi connectivity index (χ0n) is 14.8. The van der Waals surface area contributed by atoms with Gasteiger partial charge in [-0.2, -0.15) is 0 Å². The molecule has 1 aromatic carbocycles. The average molecular weight is 379 g/mol. The summed E-state index contributed by atoms with van der Waals surface area (Å²) < 4.78 is 1.87. The third-order valence-corrected chi connectivity index (χ3v) is 5.83. The molecule has 7 heteroatoms. The maximum Gasteiger partial charge on any atom is 0.233 e. The van der Waals surface area contributed by atoms with Crippen LogP contribution in [0, 0.1) is 18.8 Å². The van der Waals surface area contributed by atoms with Gasteiger partial charge in [0.2, 0.25) is 5.91 Å². The van der Waals surface area contributed by atoms with E-state index in [-0.39, 0.29) is 5.91 Å². The minimum atomic E-state index is 0.167. The van der Waals surface area contributed by atoms with Crippen LogP contribution in [-0.4, -0.2) is 44.4 Å². The van der Waals surface area contributed by atoms with Crippen molar-refractivity contribution in [1.29, 1.82) is 0 Å². The first-order valence-corrected chi connectivity index (χ1v) is 9.87. The molecule has 25 heavy (non-hydrogen) atoms. The summed E-state index contributed by atoms with van der Waals surface area (Å²) in [6.07, 6.45) is 2.85. The number of hydrogen-bond donors (Lipinski definition) is 0. The van der Waals surface area contributed by atoms with Crippen LogP contribution < -0.4 is 0 Å². The smallest absolute Gasteiger partial charge is 0.233 e. The predicted molar refractivity (Wildman–Crippen MR) is 101 cm³/mol. The molecule has 1 aliphatic heterocycles. The van der Waals surface area contributed by atoms with Crippen LogP contribution >= 0.6 is 23.4 Å². The van der Waals surface area contributed by atoms with Crippen LogP contribution in [-0.2, 0) is 4.79 Å². The zero-order valence-corrected chi connectivity index (χ0v) is 16.3. The van der Waals surface area contributed by atoms with Crippen molar-refractivity contribution in [2.75, 3.05) is 18.8 Å². The van der Waals surface area contributed by atoms with Gasteiger partial charge in [0.25, 0.3) is 0 Å². The molecule has 1 fully saturated rings. The van der Waals surface area contributed by atoms with Gasteiger partial charge in [-0.05, 0) is 42.9 Å². The van der Waals surface area contributed by atoms with Crippen LogP contribution in [0.15, 0.2) is 29.7 Å². The number of thioether (sulfide) groups is 1. The molecule has 5 nitrogen and oxygen atoms in total. The molecule has 0 bridgehead atoms. The summed E-state index contributed by atoms with van der Waals surface area (Å²) in [5.41, 5.74) is 1.92. The summed E-state index contributed by atoms with van der Waals surface area (Å²) in [4.78, 5) is 14.5. The second-order valence-corrected chi connectivity index (χ2v) is 8.30. The largest absolute Gasteiger partial charge is 0.341 e. The van der Waals surface area contributed by atoms with Gasteiger partial charge in [0.15, 0.2) is 5.16 Å². The Balaban J connectivity index is 1.67. The monoisotopic (exact) mass is 378 g/mol. The number of aryl methyl sites for hydroxylation is 1. The lowest BCUT2D eigenvalue weighted by molar-refractivity contribution is -0.130. The van der Waals surface area contributed by atoms with E-state index >= 15 is 0 Å². The van der Waals surface area contributed by atoms with Crippen molar-refractivity contribution in [1.82, 2.24) is 19.7 Å². The van der Waals surface area contributed by atoms with Gasteiger partial charge < -0.3 is 4.90 Å². The molecule has 1 saturated heterocycles. The van der Waals surface area contributed by atoms with Gasteiger partial charge in [0.1, 0.15) is 6.33 Å². The van der Waals surface area contributed by atoms with Crippen molar-refractivity contribution in [2.24, 2.45) is 11.8 Å². The lowest BCUT2D eigenvalue weighted by atomic mass is 9.92. The highest BCUT2D eigenvalue weighted by molar-refractivity contribution is 7.99.